The molecule has 0 saturated carbocycles. The van der Waals surface area contributed by atoms with Crippen LogP contribution in [0.25, 0.3) is 0 Å². The first-order valence-electron chi connectivity index (χ1n) is 5.35. The molecule has 0 aliphatic rings. The minimum absolute atomic E-state index is 0.0524. The van der Waals surface area contributed by atoms with E-state index in [1.165, 1.54) is 12.1 Å². The highest BCUT2D eigenvalue weighted by Gasteiger charge is 2.16. The van der Waals surface area contributed by atoms with Crippen LogP contribution in [0.15, 0.2) is 18.2 Å². The second-order valence-electron chi connectivity index (χ2n) is 3.75. The first-order chi connectivity index (χ1) is 9.25. The number of methoxy groups -OCH3 is 1. The summed E-state index contributed by atoms with van der Waals surface area (Å²) in [5.41, 5.74) is -0.170. The van der Waals surface area contributed by atoms with Gasteiger partial charge in [-0.15, -0.1) is 0 Å². The molecule has 110 valence electrons. The highest BCUT2D eigenvalue weighted by Crippen LogP contribution is 2.24. The van der Waals surface area contributed by atoms with Gasteiger partial charge >= 0.3 is 11.9 Å². The lowest BCUT2D eigenvalue weighted by atomic mass is 10.2. The van der Waals surface area contributed by atoms with Crippen molar-refractivity contribution < 1.29 is 27.9 Å². The fourth-order valence-electron chi connectivity index (χ4n) is 1.27. The summed E-state index contributed by atoms with van der Waals surface area (Å²) in [4.78, 5) is 21.7. The van der Waals surface area contributed by atoms with Crippen molar-refractivity contribution in [2.45, 2.75) is 6.42 Å². The van der Waals surface area contributed by atoms with Crippen LogP contribution >= 0.6 is 11.6 Å². The molecule has 0 aliphatic heterocycles. The SMILES string of the molecule is COC(=O)CCS(=O)(=O)Nc1cc(C(=O)O)ccc1Cl. The Bertz CT molecular complexity index is 628. The summed E-state index contributed by atoms with van der Waals surface area (Å²) in [5, 5.41) is 8.88. The lowest BCUT2D eigenvalue weighted by Gasteiger charge is -2.09. The van der Waals surface area contributed by atoms with E-state index in [1.54, 1.807) is 0 Å². The molecule has 20 heavy (non-hydrogen) atoms. The molecule has 1 aromatic carbocycles. The summed E-state index contributed by atoms with van der Waals surface area (Å²) in [7, 11) is -2.68. The summed E-state index contributed by atoms with van der Waals surface area (Å²) < 4.78 is 29.9. The fraction of sp³-hybridized carbons (Fsp3) is 0.273. The van der Waals surface area contributed by atoms with Crippen LogP contribution in [0.3, 0.4) is 0 Å². The van der Waals surface area contributed by atoms with Crippen LogP contribution < -0.4 is 4.72 Å². The van der Waals surface area contributed by atoms with Gasteiger partial charge in [-0.2, -0.15) is 0 Å². The third-order valence-corrected chi connectivity index (χ3v) is 3.88. The maximum atomic E-state index is 11.7. The third-order valence-electron chi connectivity index (χ3n) is 2.28. The first kappa shape index (κ1) is 16.3. The molecule has 0 aromatic heterocycles. The predicted octanol–water partition coefficient (Wildman–Crippen LogP) is 1.34. The van der Waals surface area contributed by atoms with Crippen LogP contribution in [0.5, 0.6) is 0 Å². The van der Waals surface area contributed by atoms with Crippen LogP contribution in [-0.2, 0) is 19.6 Å². The number of hydrogen-bond donors (Lipinski definition) is 2. The molecule has 0 radical (unpaired) electrons. The van der Waals surface area contributed by atoms with Gasteiger partial charge in [0.15, 0.2) is 0 Å². The standard InChI is InChI=1S/C11H12ClNO6S/c1-19-10(14)4-5-20(17,18)13-9-6-7(11(15)16)2-3-8(9)12/h2-3,6,13H,4-5H2,1H3,(H,15,16). The Labute approximate surface area is 120 Å². The van der Waals surface area contributed by atoms with E-state index >= 15 is 0 Å². The molecule has 1 aromatic rings. The van der Waals surface area contributed by atoms with Crippen LogP contribution in [0.2, 0.25) is 5.02 Å². The second kappa shape index (κ2) is 6.58. The smallest absolute Gasteiger partial charge is 0.335 e. The van der Waals surface area contributed by atoms with Gasteiger partial charge in [-0.3, -0.25) is 9.52 Å². The molecule has 0 bridgehead atoms. The zero-order valence-corrected chi connectivity index (χ0v) is 12.0. The number of carbonyl (C=O) groups excluding carboxylic acids is 1. The van der Waals surface area contributed by atoms with Crippen molar-refractivity contribution in [1.29, 1.82) is 0 Å². The molecule has 7 nitrogen and oxygen atoms in total. The van der Waals surface area contributed by atoms with Crippen LogP contribution in [0, 0.1) is 0 Å². The number of rotatable bonds is 6. The molecule has 9 heteroatoms. The van der Waals surface area contributed by atoms with Crippen molar-refractivity contribution in [3.05, 3.63) is 28.8 Å². The zero-order valence-electron chi connectivity index (χ0n) is 10.4. The monoisotopic (exact) mass is 321 g/mol. The second-order valence-corrected chi connectivity index (χ2v) is 6.00. The van der Waals surface area contributed by atoms with Gasteiger partial charge in [-0.05, 0) is 18.2 Å². The third kappa shape index (κ3) is 4.71. The molecule has 0 saturated heterocycles. The number of carboxylic acid groups (broad SMARTS) is 1. The van der Waals surface area contributed by atoms with Gasteiger partial charge in [-0.25, -0.2) is 13.2 Å². The molecule has 1 rings (SSSR count). The van der Waals surface area contributed by atoms with E-state index in [1.807, 2.05) is 0 Å². The quantitative estimate of drug-likeness (QED) is 0.765. The van der Waals surface area contributed by atoms with E-state index in [2.05, 4.69) is 9.46 Å². The molecule has 0 amide bonds. The number of anilines is 1. The summed E-state index contributed by atoms with van der Waals surface area (Å²) in [6.07, 6.45) is -0.317. The number of halogens is 1. The summed E-state index contributed by atoms with van der Waals surface area (Å²) >= 11 is 5.79. The Balaban J connectivity index is 2.89. The maximum Gasteiger partial charge on any atom is 0.335 e. The number of aromatic carboxylic acids is 1. The Hall–Kier alpha value is -1.80. The Morgan fingerprint density at radius 1 is 1.40 bits per heavy atom. The number of carboxylic acids is 1. The van der Waals surface area contributed by atoms with Crippen molar-refractivity contribution in [2.24, 2.45) is 0 Å². The molecular weight excluding hydrogens is 310 g/mol. The fourth-order valence-corrected chi connectivity index (χ4v) is 2.54. The Morgan fingerprint density at radius 2 is 2.05 bits per heavy atom. The summed E-state index contributed by atoms with van der Waals surface area (Å²) in [6, 6.07) is 3.61. The van der Waals surface area contributed by atoms with E-state index in [0.29, 0.717) is 0 Å². The van der Waals surface area contributed by atoms with Gasteiger partial charge in [0.1, 0.15) is 0 Å². The number of benzene rings is 1. The predicted molar refractivity (Wildman–Crippen MR) is 72.5 cm³/mol. The van der Waals surface area contributed by atoms with Crippen LogP contribution in [-0.4, -0.2) is 38.3 Å². The Morgan fingerprint density at radius 3 is 2.60 bits per heavy atom. The van der Waals surface area contributed by atoms with E-state index in [-0.39, 0.29) is 22.7 Å². The van der Waals surface area contributed by atoms with E-state index < -0.39 is 27.7 Å². The molecule has 0 spiro atoms. The molecule has 0 fully saturated rings. The van der Waals surface area contributed by atoms with Gasteiger partial charge in [-0.1, -0.05) is 11.6 Å². The Kier molecular flexibility index (Phi) is 5.34. The molecule has 0 unspecified atom stereocenters. The molecular formula is C11H12ClNO6S. The van der Waals surface area contributed by atoms with Gasteiger partial charge in [0.05, 0.1) is 35.6 Å². The number of nitrogens with one attached hydrogen (secondary N) is 1. The molecule has 0 atom stereocenters. The van der Waals surface area contributed by atoms with Crippen LogP contribution in [0.4, 0.5) is 5.69 Å². The zero-order chi connectivity index (χ0) is 15.3. The number of esters is 1. The van der Waals surface area contributed by atoms with Gasteiger partial charge in [0, 0.05) is 0 Å². The number of ether oxygens (including phenoxy) is 1. The minimum atomic E-state index is -3.83. The van der Waals surface area contributed by atoms with Crippen molar-refractivity contribution in [2.75, 3.05) is 17.6 Å². The number of carbonyl (C=O) groups is 2. The van der Waals surface area contributed by atoms with Gasteiger partial charge < -0.3 is 9.84 Å². The molecule has 0 heterocycles. The van der Waals surface area contributed by atoms with Crippen molar-refractivity contribution >= 4 is 39.3 Å². The summed E-state index contributed by atoms with van der Waals surface area (Å²) in [6.45, 7) is 0. The highest BCUT2D eigenvalue weighted by molar-refractivity contribution is 7.92. The lowest BCUT2D eigenvalue weighted by molar-refractivity contribution is -0.140. The normalized spacial score (nSPS) is 10.9. The average Bonchev–Trinajstić information content (AvgIpc) is 2.38. The highest BCUT2D eigenvalue weighted by atomic mass is 35.5. The van der Waals surface area contributed by atoms with E-state index in [0.717, 1.165) is 13.2 Å². The molecule has 2 N–H and O–H groups in total. The summed E-state index contributed by atoms with van der Waals surface area (Å²) in [5.74, 6) is -2.37. The largest absolute Gasteiger partial charge is 0.478 e. The lowest BCUT2D eigenvalue weighted by Crippen LogP contribution is -2.20. The van der Waals surface area contributed by atoms with E-state index in [9.17, 15) is 18.0 Å². The number of hydrogen-bond acceptors (Lipinski definition) is 5. The minimum Gasteiger partial charge on any atom is -0.478 e. The van der Waals surface area contributed by atoms with Crippen LogP contribution in [0.1, 0.15) is 16.8 Å². The topological polar surface area (TPSA) is 110 Å². The number of sulfonamides is 1. The van der Waals surface area contributed by atoms with E-state index in [4.69, 9.17) is 16.7 Å². The van der Waals surface area contributed by atoms with Crippen molar-refractivity contribution in [3.8, 4) is 0 Å². The van der Waals surface area contributed by atoms with Crippen molar-refractivity contribution in [3.63, 3.8) is 0 Å². The van der Waals surface area contributed by atoms with Gasteiger partial charge in [0.25, 0.3) is 0 Å². The first-order valence-corrected chi connectivity index (χ1v) is 7.38. The molecule has 0 aliphatic carbocycles. The maximum absolute atomic E-state index is 11.7. The van der Waals surface area contributed by atoms with Gasteiger partial charge in [0.2, 0.25) is 10.0 Å². The van der Waals surface area contributed by atoms with Crippen molar-refractivity contribution in [1.82, 2.24) is 0 Å². The average molecular weight is 322 g/mol.